The Morgan fingerprint density at radius 1 is 1.19 bits per heavy atom. The molecule has 0 radical (unpaired) electrons. The van der Waals surface area contributed by atoms with Gasteiger partial charge < -0.3 is 4.90 Å². The van der Waals surface area contributed by atoms with E-state index in [-0.39, 0.29) is 0 Å². The van der Waals surface area contributed by atoms with Gasteiger partial charge in [0, 0.05) is 37.9 Å². The summed E-state index contributed by atoms with van der Waals surface area (Å²) in [7, 11) is 0. The monoisotopic (exact) mass is 221 g/mol. The molecule has 3 heteroatoms. The quantitative estimate of drug-likeness (QED) is 0.711. The van der Waals surface area contributed by atoms with E-state index in [1.807, 2.05) is 0 Å². The maximum Gasteiger partial charge on any atom is 0.124 e. The largest absolute Gasteiger partial charge is 0.354 e. The lowest BCUT2D eigenvalue weighted by atomic mass is 10.1. The highest BCUT2D eigenvalue weighted by Crippen LogP contribution is 2.17. The van der Waals surface area contributed by atoms with Gasteiger partial charge in [-0.2, -0.15) is 0 Å². The molecule has 16 heavy (non-hydrogen) atoms. The fourth-order valence-electron chi connectivity index (χ4n) is 2.37. The van der Waals surface area contributed by atoms with Crippen molar-refractivity contribution in [2.75, 3.05) is 26.2 Å². The number of hydrogen-bond acceptors (Lipinski definition) is 3. The molecule has 0 spiro atoms. The minimum Gasteiger partial charge on any atom is -0.354 e. The van der Waals surface area contributed by atoms with Gasteiger partial charge in [-0.25, -0.2) is 4.99 Å². The van der Waals surface area contributed by atoms with Gasteiger partial charge in [0.1, 0.15) is 5.82 Å². The van der Waals surface area contributed by atoms with Crippen LogP contribution in [-0.2, 0) is 0 Å². The van der Waals surface area contributed by atoms with Crippen LogP contribution in [0.4, 0.5) is 0 Å². The normalized spacial score (nSPS) is 23.4. The molecule has 90 valence electrons. The first-order valence-electron chi connectivity index (χ1n) is 6.40. The van der Waals surface area contributed by atoms with Crippen molar-refractivity contribution in [2.45, 2.75) is 39.7 Å². The number of aliphatic imine (C=N–C) groups is 1. The number of hydrogen-bond donors (Lipinski definition) is 0. The second kappa shape index (κ2) is 5.00. The Hall–Kier alpha value is -0.830. The van der Waals surface area contributed by atoms with E-state index >= 15 is 0 Å². The summed E-state index contributed by atoms with van der Waals surface area (Å²) in [6, 6.07) is 0.674. The molecule has 0 aliphatic carbocycles. The van der Waals surface area contributed by atoms with Crippen molar-refractivity contribution in [1.82, 2.24) is 9.80 Å². The van der Waals surface area contributed by atoms with Crippen LogP contribution in [0.1, 0.15) is 33.6 Å². The third kappa shape index (κ3) is 2.64. The van der Waals surface area contributed by atoms with Crippen LogP contribution in [0.15, 0.2) is 16.9 Å². The summed E-state index contributed by atoms with van der Waals surface area (Å²) in [6.45, 7) is 11.3. The van der Waals surface area contributed by atoms with Gasteiger partial charge in [0.15, 0.2) is 0 Å². The van der Waals surface area contributed by atoms with Crippen molar-refractivity contribution in [2.24, 2.45) is 4.99 Å². The van der Waals surface area contributed by atoms with E-state index in [9.17, 15) is 0 Å². The van der Waals surface area contributed by atoms with Crippen molar-refractivity contribution in [1.29, 1.82) is 0 Å². The molecule has 2 heterocycles. The van der Waals surface area contributed by atoms with Crippen molar-refractivity contribution in [3.63, 3.8) is 0 Å². The molecule has 0 N–H and O–H groups in total. The third-order valence-corrected chi connectivity index (χ3v) is 3.51. The molecule has 0 bridgehead atoms. The summed E-state index contributed by atoms with van der Waals surface area (Å²) in [5, 5.41) is 0. The topological polar surface area (TPSA) is 18.8 Å². The van der Waals surface area contributed by atoms with Crippen LogP contribution >= 0.6 is 0 Å². The van der Waals surface area contributed by atoms with Crippen LogP contribution in [-0.4, -0.2) is 47.7 Å². The highest BCUT2D eigenvalue weighted by atomic mass is 15.3. The lowest BCUT2D eigenvalue weighted by Crippen LogP contribution is -2.48. The summed E-state index contributed by atoms with van der Waals surface area (Å²) in [5.74, 6) is 1.21. The smallest absolute Gasteiger partial charge is 0.124 e. The van der Waals surface area contributed by atoms with Crippen LogP contribution in [0, 0.1) is 0 Å². The van der Waals surface area contributed by atoms with Crippen LogP contribution in [0.2, 0.25) is 0 Å². The van der Waals surface area contributed by atoms with E-state index in [4.69, 9.17) is 0 Å². The molecule has 2 rings (SSSR count). The lowest BCUT2D eigenvalue weighted by molar-refractivity contribution is 0.129. The van der Waals surface area contributed by atoms with Gasteiger partial charge in [0.2, 0.25) is 0 Å². The molecule has 0 aromatic heterocycles. The predicted octanol–water partition coefficient (Wildman–Crippen LogP) is 2.11. The Labute approximate surface area is 98.8 Å². The van der Waals surface area contributed by atoms with Gasteiger partial charge in [-0.15, -0.1) is 0 Å². The summed E-state index contributed by atoms with van der Waals surface area (Å²) >= 11 is 0. The van der Waals surface area contributed by atoms with E-state index in [0.717, 1.165) is 25.9 Å². The predicted molar refractivity (Wildman–Crippen MR) is 68.7 cm³/mol. The van der Waals surface area contributed by atoms with Gasteiger partial charge in [-0.3, -0.25) is 4.90 Å². The second-order valence-electron chi connectivity index (χ2n) is 5.06. The average molecular weight is 221 g/mol. The first-order valence-corrected chi connectivity index (χ1v) is 6.40. The fraction of sp³-hybridized carbons (Fsp3) is 0.769. The molecule has 0 saturated carbocycles. The molecule has 0 aromatic carbocycles. The molecular weight excluding hydrogens is 198 g/mol. The van der Waals surface area contributed by atoms with Gasteiger partial charge in [0.05, 0.1) is 0 Å². The zero-order valence-electron chi connectivity index (χ0n) is 10.7. The van der Waals surface area contributed by atoms with Gasteiger partial charge >= 0.3 is 0 Å². The summed E-state index contributed by atoms with van der Waals surface area (Å²) < 4.78 is 0. The molecule has 0 atom stereocenters. The Morgan fingerprint density at radius 2 is 1.88 bits per heavy atom. The molecule has 0 amide bonds. The highest BCUT2D eigenvalue weighted by Gasteiger charge is 2.20. The summed E-state index contributed by atoms with van der Waals surface area (Å²) in [5.41, 5.74) is 1.28. The van der Waals surface area contributed by atoms with Gasteiger partial charge in [-0.05, 0) is 39.7 Å². The van der Waals surface area contributed by atoms with Crippen molar-refractivity contribution in [3.8, 4) is 0 Å². The average Bonchev–Trinajstić information content (AvgIpc) is 2.29. The highest BCUT2D eigenvalue weighted by molar-refractivity contribution is 5.83. The number of nitrogens with zero attached hydrogens (tertiary/aromatic N) is 3. The standard InChI is InChI=1S/C13H23N3/c1-11(2)15-7-9-16(10-8-15)13-6-4-5-12(3)14-13/h6,11H,4-5,7-10H2,1-3H3. The Bertz CT molecular complexity index is 296. The maximum absolute atomic E-state index is 4.66. The third-order valence-electron chi connectivity index (χ3n) is 3.51. The zero-order valence-corrected chi connectivity index (χ0v) is 10.7. The van der Waals surface area contributed by atoms with E-state index in [1.165, 1.54) is 24.6 Å². The lowest BCUT2D eigenvalue weighted by Gasteiger charge is -2.38. The van der Waals surface area contributed by atoms with Crippen molar-refractivity contribution >= 4 is 5.71 Å². The zero-order chi connectivity index (χ0) is 11.5. The molecular formula is C13H23N3. The second-order valence-corrected chi connectivity index (χ2v) is 5.06. The molecule has 1 saturated heterocycles. The number of piperazine rings is 1. The first-order chi connectivity index (χ1) is 7.66. The number of rotatable bonds is 2. The molecule has 0 unspecified atom stereocenters. The van der Waals surface area contributed by atoms with Crippen LogP contribution in [0.3, 0.4) is 0 Å². The van der Waals surface area contributed by atoms with Crippen LogP contribution in [0.25, 0.3) is 0 Å². The Morgan fingerprint density at radius 3 is 2.44 bits per heavy atom. The van der Waals surface area contributed by atoms with Crippen molar-refractivity contribution in [3.05, 3.63) is 11.9 Å². The van der Waals surface area contributed by atoms with E-state index in [2.05, 4.69) is 41.6 Å². The maximum atomic E-state index is 4.66. The Balaban J connectivity index is 1.92. The van der Waals surface area contributed by atoms with Crippen LogP contribution < -0.4 is 0 Å². The number of allylic oxidation sites excluding steroid dienone is 1. The van der Waals surface area contributed by atoms with Crippen molar-refractivity contribution < 1.29 is 0 Å². The Kier molecular flexibility index (Phi) is 3.64. The molecule has 3 nitrogen and oxygen atoms in total. The summed E-state index contributed by atoms with van der Waals surface area (Å²) in [6.07, 6.45) is 4.59. The van der Waals surface area contributed by atoms with Gasteiger partial charge in [-0.1, -0.05) is 0 Å². The minimum atomic E-state index is 0.674. The van der Waals surface area contributed by atoms with E-state index in [0.29, 0.717) is 6.04 Å². The fourth-order valence-corrected chi connectivity index (χ4v) is 2.37. The minimum absolute atomic E-state index is 0.674. The first kappa shape index (κ1) is 11.6. The SMILES string of the molecule is CC1=NC(N2CCN(C(C)C)CC2)=CCC1. The van der Waals surface area contributed by atoms with Crippen LogP contribution in [0.5, 0.6) is 0 Å². The van der Waals surface area contributed by atoms with E-state index in [1.54, 1.807) is 0 Å². The van der Waals surface area contributed by atoms with E-state index < -0.39 is 0 Å². The molecule has 2 aliphatic rings. The molecule has 0 aromatic rings. The summed E-state index contributed by atoms with van der Waals surface area (Å²) in [4.78, 5) is 9.63. The molecule has 2 aliphatic heterocycles. The van der Waals surface area contributed by atoms with Gasteiger partial charge in [0.25, 0.3) is 0 Å². The molecule has 1 fully saturated rings.